The van der Waals surface area contributed by atoms with Gasteiger partial charge < -0.3 is 10.1 Å². The zero-order chi connectivity index (χ0) is 15.9. The quantitative estimate of drug-likeness (QED) is 0.886. The van der Waals surface area contributed by atoms with E-state index in [1.54, 1.807) is 6.92 Å². The lowest BCUT2D eigenvalue weighted by atomic mass is 10.0. The van der Waals surface area contributed by atoms with E-state index in [0.29, 0.717) is 12.3 Å². The maximum atomic E-state index is 12.8. The highest BCUT2D eigenvalue weighted by molar-refractivity contribution is 5.80. The third kappa shape index (κ3) is 4.58. The van der Waals surface area contributed by atoms with E-state index in [1.807, 2.05) is 30.3 Å². The van der Waals surface area contributed by atoms with Crippen molar-refractivity contribution in [3.8, 4) is 5.75 Å². The van der Waals surface area contributed by atoms with Gasteiger partial charge in [-0.1, -0.05) is 37.3 Å². The Labute approximate surface area is 130 Å². The normalized spacial score (nSPS) is 13.2. The van der Waals surface area contributed by atoms with E-state index >= 15 is 0 Å². The Kier molecular flexibility index (Phi) is 5.53. The van der Waals surface area contributed by atoms with Gasteiger partial charge in [-0.2, -0.15) is 0 Å². The van der Waals surface area contributed by atoms with Gasteiger partial charge in [-0.25, -0.2) is 4.39 Å². The fourth-order valence-electron chi connectivity index (χ4n) is 2.07. The predicted octanol–water partition coefficient (Wildman–Crippen LogP) is 3.51. The molecule has 116 valence electrons. The lowest BCUT2D eigenvalue weighted by Gasteiger charge is -2.17. The van der Waals surface area contributed by atoms with Crippen LogP contribution in [0.3, 0.4) is 0 Å². The molecule has 0 fully saturated rings. The predicted molar refractivity (Wildman–Crippen MR) is 84.4 cm³/mol. The van der Waals surface area contributed by atoms with Gasteiger partial charge in [-0.3, -0.25) is 4.79 Å². The molecule has 3 nitrogen and oxygen atoms in total. The molecule has 22 heavy (non-hydrogen) atoms. The van der Waals surface area contributed by atoms with Gasteiger partial charge in [0.25, 0.3) is 5.91 Å². The first-order valence-corrected chi connectivity index (χ1v) is 7.31. The highest BCUT2D eigenvalue weighted by Crippen LogP contribution is 2.14. The number of nitrogens with one attached hydrogen (secondary N) is 1. The topological polar surface area (TPSA) is 38.3 Å². The van der Waals surface area contributed by atoms with Gasteiger partial charge in [0.2, 0.25) is 0 Å². The van der Waals surface area contributed by atoms with Crippen LogP contribution in [0.2, 0.25) is 0 Å². The molecule has 1 amide bonds. The van der Waals surface area contributed by atoms with E-state index in [4.69, 9.17) is 4.74 Å². The molecule has 0 heterocycles. The van der Waals surface area contributed by atoms with Crippen LogP contribution in [-0.4, -0.2) is 18.6 Å². The third-order valence-electron chi connectivity index (χ3n) is 3.45. The summed E-state index contributed by atoms with van der Waals surface area (Å²) in [4.78, 5) is 12.0. The zero-order valence-corrected chi connectivity index (χ0v) is 12.8. The first-order chi connectivity index (χ1) is 10.6. The molecule has 0 aliphatic carbocycles. The van der Waals surface area contributed by atoms with Crippen molar-refractivity contribution in [3.05, 3.63) is 66.0 Å². The first-order valence-electron chi connectivity index (χ1n) is 7.31. The van der Waals surface area contributed by atoms with Crippen molar-refractivity contribution < 1.29 is 13.9 Å². The highest BCUT2D eigenvalue weighted by atomic mass is 19.1. The first kappa shape index (κ1) is 16.0. The molecule has 0 spiro atoms. The molecule has 2 aromatic rings. The summed E-state index contributed by atoms with van der Waals surface area (Å²) in [5.41, 5.74) is 1.18. The SMILES string of the molecule is C[C@H](Oc1ccc(F)cc1)C(=O)NC[C@@H](C)c1ccccc1. The lowest BCUT2D eigenvalue weighted by Crippen LogP contribution is -2.38. The highest BCUT2D eigenvalue weighted by Gasteiger charge is 2.15. The van der Waals surface area contributed by atoms with E-state index < -0.39 is 6.10 Å². The van der Waals surface area contributed by atoms with Crippen molar-refractivity contribution in [2.45, 2.75) is 25.9 Å². The van der Waals surface area contributed by atoms with Crippen LogP contribution >= 0.6 is 0 Å². The third-order valence-corrected chi connectivity index (χ3v) is 3.45. The van der Waals surface area contributed by atoms with Gasteiger partial charge in [0.1, 0.15) is 11.6 Å². The summed E-state index contributed by atoms with van der Waals surface area (Å²) >= 11 is 0. The molecule has 0 saturated carbocycles. The van der Waals surface area contributed by atoms with E-state index in [2.05, 4.69) is 12.2 Å². The van der Waals surface area contributed by atoms with Crippen LogP contribution in [0.1, 0.15) is 25.3 Å². The molecule has 2 aromatic carbocycles. The van der Waals surface area contributed by atoms with Crippen LogP contribution in [0.5, 0.6) is 5.75 Å². The fourth-order valence-corrected chi connectivity index (χ4v) is 2.07. The summed E-state index contributed by atoms with van der Waals surface area (Å²) in [6, 6.07) is 15.6. The summed E-state index contributed by atoms with van der Waals surface area (Å²) < 4.78 is 18.3. The number of hydrogen-bond donors (Lipinski definition) is 1. The van der Waals surface area contributed by atoms with Crippen LogP contribution in [-0.2, 0) is 4.79 Å². The van der Waals surface area contributed by atoms with E-state index in [9.17, 15) is 9.18 Å². The van der Waals surface area contributed by atoms with Crippen molar-refractivity contribution in [1.82, 2.24) is 5.32 Å². The Balaban J connectivity index is 1.82. The molecule has 0 aliphatic rings. The minimum atomic E-state index is -0.631. The average Bonchev–Trinajstić information content (AvgIpc) is 2.55. The number of ether oxygens (including phenoxy) is 1. The Morgan fingerprint density at radius 3 is 2.36 bits per heavy atom. The Hall–Kier alpha value is -2.36. The fraction of sp³-hybridized carbons (Fsp3) is 0.278. The van der Waals surface area contributed by atoms with Crippen molar-refractivity contribution in [1.29, 1.82) is 0 Å². The van der Waals surface area contributed by atoms with Gasteiger partial charge in [-0.05, 0) is 42.7 Å². The number of amides is 1. The second-order valence-corrected chi connectivity index (χ2v) is 5.27. The molecular formula is C18H20FNO2. The van der Waals surface area contributed by atoms with E-state index in [0.717, 1.165) is 0 Å². The standard InChI is InChI=1S/C18H20FNO2/c1-13(15-6-4-3-5-7-15)12-20-18(21)14(2)22-17-10-8-16(19)9-11-17/h3-11,13-14H,12H2,1-2H3,(H,20,21)/t13-,14+/m1/s1. The summed E-state index contributed by atoms with van der Waals surface area (Å²) in [6.45, 7) is 4.27. The maximum Gasteiger partial charge on any atom is 0.260 e. The summed E-state index contributed by atoms with van der Waals surface area (Å²) in [6.07, 6.45) is -0.631. The van der Waals surface area contributed by atoms with Crippen molar-refractivity contribution in [2.24, 2.45) is 0 Å². The van der Waals surface area contributed by atoms with Crippen molar-refractivity contribution >= 4 is 5.91 Å². The molecule has 1 N–H and O–H groups in total. The van der Waals surface area contributed by atoms with Gasteiger partial charge in [0.05, 0.1) is 0 Å². The van der Waals surface area contributed by atoms with E-state index in [1.165, 1.54) is 29.8 Å². The molecule has 0 radical (unpaired) electrons. The minimum Gasteiger partial charge on any atom is -0.481 e. The van der Waals surface area contributed by atoms with Crippen LogP contribution in [0.4, 0.5) is 4.39 Å². The Morgan fingerprint density at radius 2 is 1.73 bits per heavy atom. The lowest BCUT2D eigenvalue weighted by molar-refractivity contribution is -0.127. The zero-order valence-electron chi connectivity index (χ0n) is 12.8. The van der Waals surface area contributed by atoms with Gasteiger partial charge in [0, 0.05) is 6.54 Å². The van der Waals surface area contributed by atoms with Crippen LogP contribution in [0.25, 0.3) is 0 Å². The maximum absolute atomic E-state index is 12.8. The monoisotopic (exact) mass is 301 g/mol. The molecule has 0 unspecified atom stereocenters. The summed E-state index contributed by atoms with van der Waals surface area (Å²) in [7, 11) is 0. The number of hydrogen-bond acceptors (Lipinski definition) is 2. The van der Waals surface area contributed by atoms with Gasteiger partial charge in [0.15, 0.2) is 6.10 Å². The molecule has 0 aromatic heterocycles. The summed E-state index contributed by atoms with van der Waals surface area (Å²) in [5, 5.41) is 2.87. The Bertz CT molecular complexity index is 598. The molecule has 0 aliphatic heterocycles. The molecule has 2 rings (SSSR count). The number of benzene rings is 2. The Morgan fingerprint density at radius 1 is 1.09 bits per heavy atom. The largest absolute Gasteiger partial charge is 0.481 e. The molecular weight excluding hydrogens is 281 g/mol. The second kappa shape index (κ2) is 7.59. The number of rotatable bonds is 6. The molecule has 0 saturated heterocycles. The minimum absolute atomic E-state index is 0.188. The molecule has 0 bridgehead atoms. The van der Waals surface area contributed by atoms with Gasteiger partial charge >= 0.3 is 0 Å². The number of carbonyl (C=O) groups excluding carboxylic acids is 1. The van der Waals surface area contributed by atoms with Crippen LogP contribution in [0.15, 0.2) is 54.6 Å². The molecule has 2 atom stereocenters. The summed E-state index contributed by atoms with van der Waals surface area (Å²) in [5.74, 6) is 0.177. The smallest absolute Gasteiger partial charge is 0.260 e. The van der Waals surface area contributed by atoms with Crippen LogP contribution in [0, 0.1) is 5.82 Å². The average molecular weight is 301 g/mol. The van der Waals surface area contributed by atoms with Crippen molar-refractivity contribution in [3.63, 3.8) is 0 Å². The number of halogens is 1. The molecule has 4 heteroatoms. The van der Waals surface area contributed by atoms with Crippen LogP contribution < -0.4 is 10.1 Å². The van der Waals surface area contributed by atoms with Crippen molar-refractivity contribution in [2.75, 3.05) is 6.54 Å². The van der Waals surface area contributed by atoms with Gasteiger partial charge in [-0.15, -0.1) is 0 Å². The number of carbonyl (C=O) groups is 1. The second-order valence-electron chi connectivity index (χ2n) is 5.27. The van der Waals surface area contributed by atoms with E-state index in [-0.39, 0.29) is 17.6 Å².